The molecular formula is C18H22N4O2. The van der Waals surface area contributed by atoms with Crippen LogP contribution in [0.4, 0.5) is 0 Å². The van der Waals surface area contributed by atoms with Crippen molar-refractivity contribution < 1.29 is 9.53 Å². The van der Waals surface area contributed by atoms with Crippen LogP contribution in [0, 0.1) is 0 Å². The Morgan fingerprint density at radius 2 is 2.04 bits per heavy atom. The normalized spacial score (nSPS) is 19.2. The minimum absolute atomic E-state index is 0.137. The summed E-state index contributed by atoms with van der Waals surface area (Å²) in [6.45, 7) is 4.78. The third kappa shape index (κ3) is 3.14. The number of nitrogens with one attached hydrogen (secondary N) is 1. The summed E-state index contributed by atoms with van der Waals surface area (Å²) in [7, 11) is 0. The van der Waals surface area contributed by atoms with Crippen LogP contribution < -0.4 is 0 Å². The van der Waals surface area contributed by atoms with Crippen LogP contribution in [-0.4, -0.2) is 58.5 Å². The van der Waals surface area contributed by atoms with E-state index in [2.05, 4.69) is 14.9 Å². The van der Waals surface area contributed by atoms with Crippen LogP contribution in [0.3, 0.4) is 0 Å². The number of benzene rings is 1. The SMILES string of the molecule is O=C(C1=COCCC1)N1CCN(Cc2nc3ccccc3[nH]2)CC1. The average Bonchev–Trinajstić information content (AvgIpc) is 3.05. The molecule has 24 heavy (non-hydrogen) atoms. The minimum atomic E-state index is 0.137. The summed E-state index contributed by atoms with van der Waals surface area (Å²) in [4.78, 5) is 24.8. The number of hydrogen-bond donors (Lipinski definition) is 1. The van der Waals surface area contributed by atoms with Crippen LogP contribution in [0.5, 0.6) is 0 Å². The first kappa shape index (κ1) is 15.2. The highest BCUT2D eigenvalue weighted by atomic mass is 16.5. The zero-order chi connectivity index (χ0) is 16.4. The number of para-hydroxylation sites is 2. The molecule has 1 aromatic carbocycles. The van der Waals surface area contributed by atoms with Crippen molar-refractivity contribution in [3.63, 3.8) is 0 Å². The van der Waals surface area contributed by atoms with Gasteiger partial charge >= 0.3 is 0 Å². The summed E-state index contributed by atoms with van der Waals surface area (Å²) in [5, 5.41) is 0. The van der Waals surface area contributed by atoms with Gasteiger partial charge in [-0.15, -0.1) is 0 Å². The number of ether oxygens (including phenoxy) is 1. The lowest BCUT2D eigenvalue weighted by Gasteiger charge is -2.35. The van der Waals surface area contributed by atoms with Gasteiger partial charge in [-0.05, 0) is 25.0 Å². The fraction of sp³-hybridized carbons (Fsp3) is 0.444. The van der Waals surface area contributed by atoms with Gasteiger partial charge in [0.05, 0.1) is 36.0 Å². The molecule has 0 radical (unpaired) electrons. The van der Waals surface area contributed by atoms with Crippen LogP contribution in [0.25, 0.3) is 11.0 Å². The summed E-state index contributed by atoms with van der Waals surface area (Å²) >= 11 is 0. The Hall–Kier alpha value is -2.34. The predicted octanol–water partition coefficient (Wildman–Crippen LogP) is 1.90. The molecule has 0 bridgehead atoms. The molecule has 1 fully saturated rings. The van der Waals surface area contributed by atoms with Crippen molar-refractivity contribution in [2.75, 3.05) is 32.8 Å². The van der Waals surface area contributed by atoms with Gasteiger partial charge in [-0.25, -0.2) is 4.98 Å². The topological polar surface area (TPSA) is 61.5 Å². The molecule has 126 valence electrons. The molecule has 0 saturated carbocycles. The van der Waals surface area contributed by atoms with Gasteiger partial charge in [0.25, 0.3) is 5.91 Å². The number of piperazine rings is 1. The first-order chi connectivity index (χ1) is 11.8. The molecule has 0 atom stereocenters. The number of hydrogen-bond acceptors (Lipinski definition) is 4. The third-order valence-electron chi connectivity index (χ3n) is 4.68. The van der Waals surface area contributed by atoms with Gasteiger partial charge in [0.1, 0.15) is 5.82 Å². The second-order valence-corrected chi connectivity index (χ2v) is 6.39. The highest BCUT2D eigenvalue weighted by Gasteiger charge is 2.25. The number of carbonyl (C=O) groups is 1. The number of carbonyl (C=O) groups excluding carboxylic acids is 1. The molecule has 1 amide bonds. The summed E-state index contributed by atoms with van der Waals surface area (Å²) in [6.07, 6.45) is 3.41. The number of aromatic nitrogens is 2. The Kier molecular flexibility index (Phi) is 4.21. The molecule has 1 saturated heterocycles. The number of amides is 1. The maximum atomic E-state index is 12.5. The van der Waals surface area contributed by atoms with E-state index >= 15 is 0 Å². The molecule has 2 aliphatic rings. The lowest BCUT2D eigenvalue weighted by atomic mass is 10.1. The molecular weight excluding hydrogens is 304 g/mol. The van der Waals surface area contributed by atoms with Crippen molar-refractivity contribution in [2.24, 2.45) is 0 Å². The van der Waals surface area contributed by atoms with E-state index in [-0.39, 0.29) is 5.91 Å². The van der Waals surface area contributed by atoms with E-state index in [0.29, 0.717) is 0 Å². The summed E-state index contributed by atoms with van der Waals surface area (Å²) in [5.74, 6) is 1.12. The van der Waals surface area contributed by atoms with Gasteiger partial charge in [-0.1, -0.05) is 12.1 Å². The van der Waals surface area contributed by atoms with Gasteiger partial charge in [0, 0.05) is 26.2 Å². The summed E-state index contributed by atoms with van der Waals surface area (Å²) in [6, 6.07) is 8.08. The monoisotopic (exact) mass is 326 g/mol. The maximum Gasteiger partial charge on any atom is 0.252 e. The molecule has 1 aromatic heterocycles. The molecule has 6 heteroatoms. The van der Waals surface area contributed by atoms with Crippen LogP contribution in [0.1, 0.15) is 18.7 Å². The highest BCUT2D eigenvalue weighted by Crippen LogP contribution is 2.17. The number of H-pyrrole nitrogens is 1. The molecule has 4 rings (SSSR count). The molecule has 0 unspecified atom stereocenters. The molecule has 1 N–H and O–H groups in total. The average molecular weight is 326 g/mol. The van der Waals surface area contributed by atoms with Crippen LogP contribution in [0.2, 0.25) is 0 Å². The molecule has 0 aliphatic carbocycles. The first-order valence-electron chi connectivity index (χ1n) is 8.55. The van der Waals surface area contributed by atoms with E-state index in [0.717, 1.165) is 74.6 Å². The van der Waals surface area contributed by atoms with E-state index in [1.807, 2.05) is 29.2 Å². The van der Waals surface area contributed by atoms with Crippen LogP contribution in [0.15, 0.2) is 36.1 Å². The van der Waals surface area contributed by atoms with E-state index in [1.54, 1.807) is 6.26 Å². The van der Waals surface area contributed by atoms with Crippen molar-refractivity contribution in [3.8, 4) is 0 Å². The fourth-order valence-corrected chi connectivity index (χ4v) is 3.33. The highest BCUT2D eigenvalue weighted by molar-refractivity contribution is 5.93. The Bertz CT molecular complexity index is 726. The summed E-state index contributed by atoms with van der Waals surface area (Å²) in [5.41, 5.74) is 2.89. The number of aromatic amines is 1. The third-order valence-corrected chi connectivity index (χ3v) is 4.68. The van der Waals surface area contributed by atoms with Crippen molar-refractivity contribution >= 4 is 16.9 Å². The molecule has 2 aliphatic heterocycles. The first-order valence-corrected chi connectivity index (χ1v) is 8.55. The fourth-order valence-electron chi connectivity index (χ4n) is 3.33. The number of rotatable bonds is 3. The van der Waals surface area contributed by atoms with Crippen LogP contribution in [-0.2, 0) is 16.1 Å². The molecule has 6 nitrogen and oxygen atoms in total. The predicted molar refractivity (Wildman–Crippen MR) is 91.2 cm³/mol. The smallest absolute Gasteiger partial charge is 0.252 e. The van der Waals surface area contributed by atoms with Crippen molar-refractivity contribution in [1.82, 2.24) is 19.8 Å². The number of nitrogens with zero attached hydrogens (tertiary/aromatic N) is 3. The Balaban J connectivity index is 1.34. The second-order valence-electron chi connectivity index (χ2n) is 6.39. The molecule has 3 heterocycles. The van der Waals surface area contributed by atoms with Gasteiger partial charge in [0.15, 0.2) is 0 Å². The lowest BCUT2D eigenvalue weighted by Crippen LogP contribution is -2.48. The number of fused-ring (bicyclic) bond motifs is 1. The van der Waals surface area contributed by atoms with E-state index < -0.39 is 0 Å². The second kappa shape index (κ2) is 6.65. The van der Waals surface area contributed by atoms with Gasteiger partial charge in [-0.2, -0.15) is 0 Å². The zero-order valence-electron chi connectivity index (χ0n) is 13.7. The van der Waals surface area contributed by atoms with Crippen LogP contribution >= 0.6 is 0 Å². The zero-order valence-corrected chi connectivity index (χ0v) is 13.7. The largest absolute Gasteiger partial charge is 0.501 e. The number of imidazole rings is 1. The van der Waals surface area contributed by atoms with Crippen molar-refractivity contribution in [2.45, 2.75) is 19.4 Å². The van der Waals surface area contributed by atoms with Gasteiger partial charge in [0.2, 0.25) is 0 Å². The molecule has 2 aromatic rings. The maximum absolute atomic E-state index is 12.5. The molecule has 0 spiro atoms. The van der Waals surface area contributed by atoms with Gasteiger partial charge in [-0.3, -0.25) is 9.69 Å². The van der Waals surface area contributed by atoms with Crippen molar-refractivity contribution in [3.05, 3.63) is 41.9 Å². The van der Waals surface area contributed by atoms with E-state index in [1.165, 1.54) is 0 Å². The quantitative estimate of drug-likeness (QED) is 0.936. The summed E-state index contributed by atoms with van der Waals surface area (Å²) < 4.78 is 5.29. The Morgan fingerprint density at radius 3 is 2.79 bits per heavy atom. The van der Waals surface area contributed by atoms with E-state index in [4.69, 9.17) is 4.74 Å². The standard InChI is InChI=1S/C18H22N4O2/c23-18(14-4-3-11-24-13-14)22-9-7-21(8-10-22)12-17-19-15-5-1-2-6-16(15)20-17/h1-2,5-6,13H,3-4,7-12H2,(H,19,20). The van der Waals surface area contributed by atoms with Gasteiger partial charge < -0.3 is 14.6 Å². The Labute approximate surface area is 141 Å². The lowest BCUT2D eigenvalue weighted by molar-refractivity contribution is -0.129. The van der Waals surface area contributed by atoms with E-state index in [9.17, 15) is 4.79 Å². The Morgan fingerprint density at radius 1 is 1.21 bits per heavy atom. The van der Waals surface area contributed by atoms with Crippen molar-refractivity contribution in [1.29, 1.82) is 0 Å². The minimum Gasteiger partial charge on any atom is -0.501 e.